The molecule has 0 aliphatic heterocycles. The first-order chi connectivity index (χ1) is 11.2. The Hall–Kier alpha value is -2.50. The molecule has 0 radical (unpaired) electrons. The van der Waals surface area contributed by atoms with E-state index in [2.05, 4.69) is 5.32 Å². The number of nitrogen functional groups attached to an aromatic ring is 1. The molecular formula is C18H19F3N2O. The van der Waals surface area contributed by atoms with Gasteiger partial charge in [-0.15, -0.1) is 0 Å². The predicted octanol–water partition coefficient (Wildman–Crippen LogP) is 4.41. The van der Waals surface area contributed by atoms with Crippen LogP contribution >= 0.6 is 0 Å². The Morgan fingerprint density at radius 3 is 2.38 bits per heavy atom. The lowest BCUT2D eigenvalue weighted by Crippen LogP contribution is -2.22. The Morgan fingerprint density at radius 2 is 1.79 bits per heavy atom. The molecule has 24 heavy (non-hydrogen) atoms. The fraction of sp³-hybridized carbons (Fsp3) is 0.278. The largest absolute Gasteiger partial charge is 0.416 e. The van der Waals surface area contributed by atoms with Gasteiger partial charge in [0.2, 0.25) is 5.91 Å². The molecule has 0 aliphatic rings. The van der Waals surface area contributed by atoms with Crippen LogP contribution in [0.15, 0.2) is 42.5 Å². The van der Waals surface area contributed by atoms with E-state index in [-0.39, 0.29) is 11.8 Å². The van der Waals surface area contributed by atoms with E-state index in [0.717, 1.165) is 17.7 Å². The summed E-state index contributed by atoms with van der Waals surface area (Å²) in [5, 5.41) is 2.81. The van der Waals surface area contributed by atoms with Crippen molar-refractivity contribution >= 4 is 17.3 Å². The highest BCUT2D eigenvalue weighted by Gasteiger charge is 2.30. The number of amides is 1. The van der Waals surface area contributed by atoms with Gasteiger partial charge in [0.25, 0.3) is 0 Å². The Kier molecular flexibility index (Phi) is 5.17. The third-order valence-electron chi connectivity index (χ3n) is 3.79. The zero-order valence-corrected chi connectivity index (χ0v) is 13.4. The van der Waals surface area contributed by atoms with Gasteiger partial charge in [-0.25, -0.2) is 0 Å². The fourth-order valence-electron chi connectivity index (χ4n) is 2.31. The minimum Gasteiger partial charge on any atom is -0.399 e. The highest BCUT2D eigenvalue weighted by Crippen LogP contribution is 2.29. The van der Waals surface area contributed by atoms with Crippen LogP contribution in [0.3, 0.4) is 0 Å². The molecule has 0 heterocycles. The lowest BCUT2D eigenvalue weighted by atomic mass is 9.99. The van der Waals surface area contributed by atoms with Crippen molar-refractivity contribution in [3.8, 4) is 0 Å². The summed E-state index contributed by atoms with van der Waals surface area (Å²) in [5.74, 6) is -0.592. The van der Waals surface area contributed by atoms with E-state index < -0.39 is 11.7 Å². The van der Waals surface area contributed by atoms with Crippen LogP contribution in [0.2, 0.25) is 0 Å². The number of aryl methyl sites for hydroxylation is 1. The number of halogens is 3. The van der Waals surface area contributed by atoms with Gasteiger partial charge < -0.3 is 11.1 Å². The molecule has 3 N–H and O–H groups in total. The molecule has 3 nitrogen and oxygen atoms in total. The van der Waals surface area contributed by atoms with Crippen molar-refractivity contribution in [2.75, 3.05) is 11.1 Å². The maximum atomic E-state index is 12.5. The SMILES string of the molecule is Cc1ccc(N)cc1NC(=O)C(C)Cc1ccc(C(F)(F)F)cc1. The van der Waals surface area contributed by atoms with Crippen LogP contribution < -0.4 is 11.1 Å². The van der Waals surface area contributed by atoms with E-state index in [1.54, 1.807) is 19.1 Å². The third kappa shape index (κ3) is 4.50. The highest BCUT2D eigenvalue weighted by molar-refractivity contribution is 5.93. The minimum atomic E-state index is -4.35. The Labute approximate surface area is 138 Å². The summed E-state index contributed by atoms with van der Waals surface area (Å²) in [4.78, 5) is 12.3. The molecule has 1 unspecified atom stereocenters. The Balaban J connectivity index is 2.02. The van der Waals surface area contributed by atoms with Crippen molar-refractivity contribution in [2.24, 2.45) is 5.92 Å². The summed E-state index contributed by atoms with van der Waals surface area (Å²) < 4.78 is 37.6. The molecule has 0 saturated heterocycles. The average molecular weight is 336 g/mol. The van der Waals surface area contributed by atoms with Crippen LogP contribution in [0.4, 0.5) is 24.5 Å². The fourth-order valence-corrected chi connectivity index (χ4v) is 2.31. The Bertz CT molecular complexity index is 724. The number of rotatable bonds is 4. The molecule has 0 spiro atoms. The van der Waals surface area contributed by atoms with E-state index in [4.69, 9.17) is 5.73 Å². The molecule has 1 amide bonds. The van der Waals surface area contributed by atoms with Crippen molar-refractivity contribution in [2.45, 2.75) is 26.4 Å². The second-order valence-corrected chi connectivity index (χ2v) is 5.86. The first-order valence-corrected chi connectivity index (χ1v) is 7.50. The van der Waals surface area contributed by atoms with Crippen molar-refractivity contribution in [1.82, 2.24) is 0 Å². The van der Waals surface area contributed by atoms with Crippen LogP contribution in [0, 0.1) is 12.8 Å². The molecule has 2 rings (SSSR count). The molecule has 0 bridgehead atoms. The van der Waals surface area contributed by atoms with E-state index in [0.29, 0.717) is 23.4 Å². The number of hydrogen-bond donors (Lipinski definition) is 2. The lowest BCUT2D eigenvalue weighted by Gasteiger charge is -2.15. The van der Waals surface area contributed by atoms with Crippen molar-refractivity contribution < 1.29 is 18.0 Å². The summed E-state index contributed by atoms with van der Waals surface area (Å²) in [6, 6.07) is 10.1. The number of anilines is 2. The number of carbonyl (C=O) groups excluding carboxylic acids is 1. The van der Waals surface area contributed by atoms with Crippen LogP contribution in [0.25, 0.3) is 0 Å². The van der Waals surface area contributed by atoms with E-state index in [1.807, 2.05) is 13.0 Å². The number of alkyl halides is 3. The van der Waals surface area contributed by atoms with Gasteiger partial charge in [0.15, 0.2) is 0 Å². The maximum absolute atomic E-state index is 12.5. The van der Waals surface area contributed by atoms with Gasteiger partial charge in [-0.1, -0.05) is 25.1 Å². The molecule has 0 aliphatic carbocycles. The minimum absolute atomic E-state index is 0.205. The molecule has 0 saturated carbocycles. The Morgan fingerprint density at radius 1 is 1.17 bits per heavy atom. The van der Waals surface area contributed by atoms with Gasteiger partial charge in [-0.2, -0.15) is 13.2 Å². The molecule has 0 aromatic heterocycles. The van der Waals surface area contributed by atoms with Gasteiger partial charge in [0, 0.05) is 17.3 Å². The topological polar surface area (TPSA) is 55.1 Å². The monoisotopic (exact) mass is 336 g/mol. The number of benzene rings is 2. The third-order valence-corrected chi connectivity index (χ3v) is 3.79. The molecule has 6 heteroatoms. The van der Waals surface area contributed by atoms with Crippen LogP contribution in [0.1, 0.15) is 23.6 Å². The number of nitrogens with one attached hydrogen (secondary N) is 1. The summed E-state index contributed by atoms with van der Waals surface area (Å²) in [7, 11) is 0. The molecule has 0 fully saturated rings. The van der Waals surface area contributed by atoms with E-state index in [9.17, 15) is 18.0 Å². The summed E-state index contributed by atoms with van der Waals surface area (Å²) in [6.07, 6.45) is -4.00. The van der Waals surface area contributed by atoms with Gasteiger partial charge >= 0.3 is 6.18 Å². The number of hydrogen-bond acceptors (Lipinski definition) is 2. The lowest BCUT2D eigenvalue weighted by molar-refractivity contribution is -0.137. The molecule has 2 aromatic carbocycles. The quantitative estimate of drug-likeness (QED) is 0.813. The zero-order chi connectivity index (χ0) is 17.9. The summed E-state index contributed by atoms with van der Waals surface area (Å²) >= 11 is 0. The highest BCUT2D eigenvalue weighted by atomic mass is 19.4. The smallest absolute Gasteiger partial charge is 0.399 e. The van der Waals surface area contributed by atoms with E-state index in [1.165, 1.54) is 12.1 Å². The molecule has 1 atom stereocenters. The first-order valence-electron chi connectivity index (χ1n) is 7.50. The van der Waals surface area contributed by atoms with Gasteiger partial charge in [0.05, 0.1) is 5.56 Å². The second kappa shape index (κ2) is 6.95. The van der Waals surface area contributed by atoms with Crippen molar-refractivity contribution in [3.63, 3.8) is 0 Å². The maximum Gasteiger partial charge on any atom is 0.416 e. The molecule has 2 aromatic rings. The van der Waals surface area contributed by atoms with Crippen LogP contribution in [0.5, 0.6) is 0 Å². The van der Waals surface area contributed by atoms with Crippen molar-refractivity contribution in [1.29, 1.82) is 0 Å². The second-order valence-electron chi connectivity index (χ2n) is 5.86. The van der Waals surface area contributed by atoms with E-state index >= 15 is 0 Å². The predicted molar refractivity (Wildman–Crippen MR) is 88.5 cm³/mol. The molecular weight excluding hydrogens is 317 g/mol. The summed E-state index contributed by atoms with van der Waals surface area (Å²) in [6.45, 7) is 3.59. The van der Waals surface area contributed by atoms with Crippen molar-refractivity contribution in [3.05, 3.63) is 59.2 Å². The number of carbonyl (C=O) groups is 1. The van der Waals surface area contributed by atoms with Crippen LogP contribution in [-0.2, 0) is 17.4 Å². The van der Waals surface area contributed by atoms with Gasteiger partial charge in [-0.05, 0) is 48.7 Å². The van der Waals surface area contributed by atoms with Gasteiger partial charge in [0.1, 0.15) is 0 Å². The average Bonchev–Trinajstić information content (AvgIpc) is 2.50. The first kappa shape index (κ1) is 17.8. The zero-order valence-electron chi connectivity index (χ0n) is 13.4. The normalized spacial score (nSPS) is 12.7. The molecule has 128 valence electrons. The van der Waals surface area contributed by atoms with Crippen LogP contribution in [-0.4, -0.2) is 5.91 Å². The van der Waals surface area contributed by atoms with Gasteiger partial charge in [-0.3, -0.25) is 4.79 Å². The summed E-state index contributed by atoms with van der Waals surface area (Å²) in [5.41, 5.74) is 7.76. The standard InChI is InChI=1S/C18H19F3N2O/c1-11-3-8-15(22)10-16(11)23-17(24)12(2)9-13-4-6-14(7-5-13)18(19,20)21/h3-8,10,12H,9,22H2,1-2H3,(H,23,24). The number of nitrogens with two attached hydrogens (primary N) is 1.